The van der Waals surface area contributed by atoms with Gasteiger partial charge in [0.1, 0.15) is 12.1 Å². The Labute approximate surface area is 204 Å². The molecule has 1 saturated heterocycles. The number of H-pyrrole nitrogens is 1. The first-order valence-electron chi connectivity index (χ1n) is 12.2. The summed E-state index contributed by atoms with van der Waals surface area (Å²) in [6.45, 7) is 2.72. The quantitative estimate of drug-likeness (QED) is 0.454. The van der Waals surface area contributed by atoms with Gasteiger partial charge in [0.15, 0.2) is 15.5 Å². The standard InChI is InChI=1S/C24H31N7O3S/c1-16-19(29-23-18-13-28-30-24(18)27-15-26-23)10-6-12-31(16)22(32)14-25-20-9-4-5-11-21(20)35(33,34)17-7-2-3-8-17/h4-5,9,11,13,15-17,19,25H,2-3,6-8,10,12,14H2,1H3,(H2,26,27,28,29,30). The van der Waals surface area contributed by atoms with Crippen LogP contribution in [0.2, 0.25) is 0 Å². The average molecular weight is 498 g/mol. The molecule has 2 aliphatic rings. The van der Waals surface area contributed by atoms with E-state index in [0.29, 0.717) is 41.4 Å². The first-order chi connectivity index (χ1) is 16.9. The number of para-hydroxylation sites is 1. The second-order valence-electron chi connectivity index (χ2n) is 9.38. The summed E-state index contributed by atoms with van der Waals surface area (Å²) in [7, 11) is -3.43. The smallest absolute Gasteiger partial charge is 0.242 e. The maximum Gasteiger partial charge on any atom is 0.242 e. The monoisotopic (exact) mass is 497 g/mol. The third-order valence-corrected chi connectivity index (χ3v) is 9.56. The lowest BCUT2D eigenvalue weighted by molar-refractivity contribution is -0.132. The molecule has 1 amide bonds. The van der Waals surface area contributed by atoms with Gasteiger partial charge < -0.3 is 15.5 Å². The predicted octanol–water partition coefficient (Wildman–Crippen LogP) is 2.97. The number of aromatic nitrogens is 4. The fourth-order valence-electron chi connectivity index (χ4n) is 5.26. The van der Waals surface area contributed by atoms with Gasteiger partial charge in [-0.3, -0.25) is 9.89 Å². The molecule has 0 spiro atoms. The molecule has 2 atom stereocenters. The van der Waals surface area contributed by atoms with Gasteiger partial charge in [-0.05, 0) is 44.7 Å². The number of nitrogens with zero attached hydrogens (tertiary/aromatic N) is 4. The van der Waals surface area contributed by atoms with Gasteiger partial charge in [-0.15, -0.1) is 0 Å². The number of carbonyl (C=O) groups is 1. The number of aromatic amines is 1. The number of piperidine rings is 1. The Kier molecular flexibility index (Phi) is 6.59. The minimum absolute atomic E-state index is 0.0238. The zero-order chi connectivity index (χ0) is 24.4. The van der Waals surface area contributed by atoms with E-state index in [0.717, 1.165) is 31.1 Å². The highest BCUT2D eigenvalue weighted by atomic mass is 32.2. The zero-order valence-corrected chi connectivity index (χ0v) is 20.6. The highest BCUT2D eigenvalue weighted by Crippen LogP contribution is 2.33. The Morgan fingerprint density at radius 1 is 1.14 bits per heavy atom. The molecule has 1 aliphatic carbocycles. The van der Waals surface area contributed by atoms with E-state index in [1.165, 1.54) is 6.33 Å². The summed E-state index contributed by atoms with van der Waals surface area (Å²) in [6.07, 6.45) is 8.24. The van der Waals surface area contributed by atoms with Gasteiger partial charge >= 0.3 is 0 Å². The summed E-state index contributed by atoms with van der Waals surface area (Å²) in [4.78, 5) is 23.9. The van der Waals surface area contributed by atoms with Crippen LogP contribution < -0.4 is 10.6 Å². The van der Waals surface area contributed by atoms with Crippen LogP contribution in [-0.2, 0) is 14.6 Å². The van der Waals surface area contributed by atoms with Crippen molar-refractivity contribution in [3.8, 4) is 0 Å². The Hall–Kier alpha value is -3.21. The van der Waals surface area contributed by atoms with Crippen LogP contribution in [0.5, 0.6) is 0 Å². The highest BCUT2D eigenvalue weighted by Gasteiger charge is 2.33. The summed E-state index contributed by atoms with van der Waals surface area (Å²) >= 11 is 0. The highest BCUT2D eigenvalue weighted by molar-refractivity contribution is 7.92. The number of benzene rings is 1. The minimum atomic E-state index is -3.43. The van der Waals surface area contributed by atoms with Crippen LogP contribution in [0.1, 0.15) is 45.4 Å². The summed E-state index contributed by atoms with van der Waals surface area (Å²) in [6, 6.07) is 6.87. The van der Waals surface area contributed by atoms with Gasteiger partial charge in [-0.1, -0.05) is 25.0 Å². The first kappa shape index (κ1) is 23.5. The molecule has 10 nitrogen and oxygen atoms in total. The van der Waals surface area contributed by atoms with Crippen molar-refractivity contribution in [3.63, 3.8) is 0 Å². The van der Waals surface area contributed by atoms with E-state index in [-0.39, 0.29) is 29.8 Å². The predicted molar refractivity (Wildman–Crippen MR) is 134 cm³/mol. The summed E-state index contributed by atoms with van der Waals surface area (Å²) in [5, 5.41) is 14.0. The number of sulfone groups is 1. The van der Waals surface area contributed by atoms with Gasteiger partial charge in [0.2, 0.25) is 5.91 Å². The molecule has 2 aromatic heterocycles. The molecule has 35 heavy (non-hydrogen) atoms. The maximum atomic E-state index is 13.2. The molecule has 1 aliphatic heterocycles. The molecule has 3 aromatic rings. The summed E-state index contributed by atoms with van der Waals surface area (Å²) < 4.78 is 26.4. The van der Waals surface area contributed by atoms with Crippen LogP contribution in [0.4, 0.5) is 11.5 Å². The van der Waals surface area contributed by atoms with Crippen molar-refractivity contribution in [2.75, 3.05) is 23.7 Å². The number of fused-ring (bicyclic) bond motifs is 1. The third-order valence-electron chi connectivity index (χ3n) is 7.24. The van der Waals surface area contributed by atoms with Crippen LogP contribution in [0.15, 0.2) is 41.7 Å². The van der Waals surface area contributed by atoms with Crippen molar-refractivity contribution >= 4 is 38.3 Å². The summed E-state index contributed by atoms with van der Waals surface area (Å²) in [5.74, 6) is 0.632. The number of anilines is 2. The number of hydrogen-bond acceptors (Lipinski definition) is 8. The Bertz CT molecular complexity index is 1300. The van der Waals surface area contributed by atoms with E-state index in [1.807, 2.05) is 11.8 Å². The average Bonchev–Trinajstić information content (AvgIpc) is 3.57. The second-order valence-corrected chi connectivity index (χ2v) is 11.6. The molecular formula is C24H31N7O3S. The Morgan fingerprint density at radius 3 is 2.77 bits per heavy atom. The number of nitrogens with one attached hydrogen (secondary N) is 3. The fourth-order valence-corrected chi connectivity index (χ4v) is 7.28. The van der Waals surface area contributed by atoms with Crippen LogP contribution in [0.25, 0.3) is 11.0 Å². The largest absolute Gasteiger partial charge is 0.375 e. The zero-order valence-electron chi connectivity index (χ0n) is 19.8. The van der Waals surface area contributed by atoms with Crippen molar-refractivity contribution in [1.82, 2.24) is 25.1 Å². The summed E-state index contributed by atoms with van der Waals surface area (Å²) in [5.41, 5.74) is 1.16. The number of rotatable bonds is 7. The molecule has 2 fully saturated rings. The topological polar surface area (TPSA) is 133 Å². The van der Waals surface area contributed by atoms with Crippen LogP contribution in [0.3, 0.4) is 0 Å². The minimum Gasteiger partial charge on any atom is -0.375 e. The Balaban J connectivity index is 1.26. The van der Waals surface area contributed by atoms with Crippen molar-refractivity contribution in [2.45, 2.75) is 67.7 Å². The van der Waals surface area contributed by atoms with Gasteiger partial charge in [0.05, 0.1) is 34.0 Å². The van der Waals surface area contributed by atoms with Crippen molar-refractivity contribution in [3.05, 3.63) is 36.8 Å². The molecule has 11 heteroatoms. The fraction of sp³-hybridized carbons (Fsp3) is 0.500. The van der Waals surface area contributed by atoms with Gasteiger partial charge in [0, 0.05) is 18.6 Å². The van der Waals surface area contributed by atoms with Gasteiger partial charge in [-0.2, -0.15) is 5.10 Å². The molecule has 0 bridgehead atoms. The first-order valence-corrected chi connectivity index (χ1v) is 13.8. The van der Waals surface area contributed by atoms with Gasteiger partial charge in [0.25, 0.3) is 0 Å². The number of likely N-dealkylation sites (tertiary alicyclic amines) is 1. The van der Waals surface area contributed by atoms with Crippen LogP contribution >= 0.6 is 0 Å². The lowest BCUT2D eigenvalue weighted by Crippen LogP contribution is -2.53. The lowest BCUT2D eigenvalue weighted by Gasteiger charge is -2.40. The van der Waals surface area contributed by atoms with Gasteiger partial charge in [-0.25, -0.2) is 18.4 Å². The molecule has 5 rings (SSSR count). The van der Waals surface area contributed by atoms with Crippen LogP contribution in [0, 0.1) is 0 Å². The van der Waals surface area contributed by atoms with E-state index >= 15 is 0 Å². The van der Waals surface area contributed by atoms with Crippen LogP contribution in [-0.4, -0.2) is 69.8 Å². The van der Waals surface area contributed by atoms with E-state index in [2.05, 4.69) is 30.8 Å². The van der Waals surface area contributed by atoms with E-state index in [1.54, 1.807) is 30.5 Å². The SMILES string of the molecule is CC1C(Nc2ncnc3[nH]ncc23)CCCN1C(=O)CNc1ccccc1S(=O)(=O)C1CCCC1. The molecule has 0 radical (unpaired) electrons. The molecule has 3 N–H and O–H groups in total. The Morgan fingerprint density at radius 2 is 1.94 bits per heavy atom. The number of amides is 1. The van der Waals surface area contributed by atoms with E-state index in [4.69, 9.17) is 0 Å². The second kappa shape index (κ2) is 9.80. The van der Waals surface area contributed by atoms with E-state index in [9.17, 15) is 13.2 Å². The molecule has 3 heterocycles. The van der Waals surface area contributed by atoms with Crippen molar-refractivity contribution in [1.29, 1.82) is 0 Å². The normalized spacial score (nSPS) is 21.3. The van der Waals surface area contributed by atoms with Crippen molar-refractivity contribution in [2.24, 2.45) is 0 Å². The third kappa shape index (κ3) is 4.69. The van der Waals surface area contributed by atoms with E-state index < -0.39 is 9.84 Å². The molecule has 1 saturated carbocycles. The maximum absolute atomic E-state index is 13.2. The molecule has 2 unspecified atom stereocenters. The number of hydrogen-bond donors (Lipinski definition) is 3. The lowest BCUT2D eigenvalue weighted by atomic mass is 9.97. The molecule has 1 aromatic carbocycles. The van der Waals surface area contributed by atoms with Crippen molar-refractivity contribution < 1.29 is 13.2 Å². The molecular weight excluding hydrogens is 466 g/mol. The molecule has 186 valence electrons. The number of carbonyl (C=O) groups excluding carboxylic acids is 1.